The zero-order chi connectivity index (χ0) is 17.8. The Labute approximate surface area is 148 Å². The molecule has 0 aliphatic rings. The molecule has 130 valence electrons. The first-order chi connectivity index (χ1) is 12.1. The summed E-state index contributed by atoms with van der Waals surface area (Å²) in [5.74, 6) is -0.446. The van der Waals surface area contributed by atoms with Crippen LogP contribution in [0.25, 0.3) is 16.4 Å². The Morgan fingerprint density at radius 3 is 2.88 bits per heavy atom. The van der Waals surface area contributed by atoms with Gasteiger partial charge in [-0.2, -0.15) is 0 Å². The van der Waals surface area contributed by atoms with Gasteiger partial charge in [-0.25, -0.2) is 14.1 Å². The molecule has 3 aromatic rings. The van der Waals surface area contributed by atoms with Crippen LogP contribution in [-0.4, -0.2) is 38.4 Å². The Hall–Kier alpha value is -2.58. The van der Waals surface area contributed by atoms with Gasteiger partial charge in [0.05, 0.1) is 23.2 Å². The molecule has 1 atom stereocenters. The standard InChI is InChI=1S/C17H17FN4O2S/c1-2-12(10-23)19-17(24)15-20-16(14-7-4-8-25-14)22(21-15)13-6-3-5-11(18)9-13/h3-9,12,23H,2,10H2,1H3,(H,19,24)/t12-/m0/s1. The fourth-order valence-electron chi connectivity index (χ4n) is 2.29. The van der Waals surface area contributed by atoms with Gasteiger partial charge >= 0.3 is 0 Å². The molecule has 0 radical (unpaired) electrons. The Balaban J connectivity index is 2.02. The quantitative estimate of drug-likeness (QED) is 0.708. The highest BCUT2D eigenvalue weighted by molar-refractivity contribution is 7.13. The van der Waals surface area contributed by atoms with Crippen LogP contribution in [0.15, 0.2) is 41.8 Å². The zero-order valence-electron chi connectivity index (χ0n) is 13.5. The lowest BCUT2D eigenvalue weighted by molar-refractivity contribution is 0.0904. The molecule has 2 aromatic heterocycles. The van der Waals surface area contributed by atoms with Gasteiger partial charge in [-0.05, 0) is 36.1 Å². The number of nitrogens with one attached hydrogen (secondary N) is 1. The van der Waals surface area contributed by atoms with Crippen molar-refractivity contribution in [3.63, 3.8) is 0 Å². The average Bonchev–Trinajstić information content (AvgIpc) is 3.28. The van der Waals surface area contributed by atoms with Gasteiger partial charge in [0.1, 0.15) is 5.82 Å². The SMILES string of the molecule is CC[C@@H](CO)NC(=O)c1nc(-c2cccs2)n(-c2cccc(F)c2)n1. The number of aliphatic hydroxyl groups is 1. The van der Waals surface area contributed by atoms with E-state index in [-0.39, 0.29) is 18.5 Å². The van der Waals surface area contributed by atoms with Crippen molar-refractivity contribution in [3.8, 4) is 16.4 Å². The number of amides is 1. The summed E-state index contributed by atoms with van der Waals surface area (Å²) < 4.78 is 15.0. The molecule has 3 rings (SSSR count). The van der Waals surface area contributed by atoms with Crippen molar-refractivity contribution in [2.24, 2.45) is 0 Å². The number of hydrogen-bond acceptors (Lipinski definition) is 5. The molecule has 0 saturated heterocycles. The number of carbonyl (C=O) groups is 1. The molecule has 25 heavy (non-hydrogen) atoms. The number of thiophene rings is 1. The summed E-state index contributed by atoms with van der Waals surface area (Å²) in [6, 6.07) is 9.29. The van der Waals surface area contributed by atoms with Crippen molar-refractivity contribution in [3.05, 3.63) is 53.4 Å². The van der Waals surface area contributed by atoms with Crippen LogP contribution in [0.4, 0.5) is 4.39 Å². The highest BCUT2D eigenvalue weighted by atomic mass is 32.1. The summed E-state index contributed by atoms with van der Waals surface area (Å²) in [6.45, 7) is 1.70. The summed E-state index contributed by atoms with van der Waals surface area (Å²) >= 11 is 1.45. The third-order valence-corrected chi connectivity index (χ3v) is 4.52. The molecule has 0 unspecified atom stereocenters. The van der Waals surface area contributed by atoms with Crippen molar-refractivity contribution in [1.29, 1.82) is 0 Å². The normalized spacial score (nSPS) is 12.1. The van der Waals surface area contributed by atoms with E-state index in [1.54, 1.807) is 12.1 Å². The van der Waals surface area contributed by atoms with Crippen LogP contribution in [0.3, 0.4) is 0 Å². The van der Waals surface area contributed by atoms with Crippen LogP contribution >= 0.6 is 11.3 Å². The molecular weight excluding hydrogens is 343 g/mol. The Bertz CT molecular complexity index is 859. The first-order valence-corrected chi connectivity index (χ1v) is 8.69. The maximum absolute atomic E-state index is 13.6. The van der Waals surface area contributed by atoms with E-state index < -0.39 is 11.7 Å². The van der Waals surface area contributed by atoms with Gasteiger partial charge in [-0.1, -0.05) is 19.1 Å². The second-order valence-electron chi connectivity index (χ2n) is 5.39. The molecule has 0 fully saturated rings. The lowest BCUT2D eigenvalue weighted by Gasteiger charge is -2.11. The van der Waals surface area contributed by atoms with Crippen LogP contribution in [0.2, 0.25) is 0 Å². The lowest BCUT2D eigenvalue weighted by atomic mass is 10.2. The Morgan fingerprint density at radius 2 is 2.24 bits per heavy atom. The van der Waals surface area contributed by atoms with E-state index in [0.717, 1.165) is 4.88 Å². The predicted octanol–water partition coefficient (Wildman–Crippen LogP) is 2.64. The van der Waals surface area contributed by atoms with Crippen molar-refractivity contribution in [2.75, 3.05) is 6.61 Å². The molecule has 0 spiro atoms. The smallest absolute Gasteiger partial charge is 0.291 e. The second-order valence-corrected chi connectivity index (χ2v) is 6.34. The molecule has 1 aromatic carbocycles. The van der Waals surface area contributed by atoms with E-state index in [4.69, 9.17) is 0 Å². The molecule has 0 aliphatic heterocycles. The van der Waals surface area contributed by atoms with Crippen molar-refractivity contribution in [1.82, 2.24) is 20.1 Å². The lowest BCUT2D eigenvalue weighted by Crippen LogP contribution is -2.37. The van der Waals surface area contributed by atoms with E-state index in [9.17, 15) is 14.3 Å². The van der Waals surface area contributed by atoms with Gasteiger partial charge in [-0.15, -0.1) is 16.4 Å². The maximum atomic E-state index is 13.6. The van der Waals surface area contributed by atoms with Gasteiger partial charge in [-0.3, -0.25) is 4.79 Å². The third kappa shape index (κ3) is 3.75. The molecule has 0 saturated carbocycles. The van der Waals surface area contributed by atoms with Gasteiger partial charge in [0.2, 0.25) is 5.82 Å². The minimum absolute atomic E-state index is 0.0282. The molecule has 0 bridgehead atoms. The maximum Gasteiger partial charge on any atom is 0.291 e. The molecule has 0 aliphatic carbocycles. The minimum atomic E-state index is -0.478. The fraction of sp³-hybridized carbons (Fsp3) is 0.235. The van der Waals surface area contributed by atoms with E-state index in [1.807, 2.05) is 24.4 Å². The predicted molar refractivity (Wildman–Crippen MR) is 93.3 cm³/mol. The van der Waals surface area contributed by atoms with Crippen LogP contribution in [-0.2, 0) is 0 Å². The second kappa shape index (κ2) is 7.54. The van der Waals surface area contributed by atoms with Gasteiger partial charge in [0.15, 0.2) is 5.82 Å². The number of halogens is 1. The molecule has 8 heteroatoms. The summed E-state index contributed by atoms with van der Waals surface area (Å²) in [5, 5.41) is 18.1. The van der Waals surface area contributed by atoms with E-state index in [0.29, 0.717) is 17.9 Å². The number of aliphatic hydroxyl groups excluding tert-OH is 1. The highest BCUT2D eigenvalue weighted by Gasteiger charge is 2.21. The molecular formula is C17H17FN4O2S. The molecule has 1 amide bonds. The average molecular weight is 360 g/mol. The third-order valence-electron chi connectivity index (χ3n) is 3.65. The molecule has 2 N–H and O–H groups in total. The van der Waals surface area contributed by atoms with Gasteiger partial charge in [0, 0.05) is 0 Å². The van der Waals surface area contributed by atoms with Gasteiger partial charge in [0.25, 0.3) is 5.91 Å². The van der Waals surface area contributed by atoms with Crippen molar-refractivity contribution < 1.29 is 14.3 Å². The number of rotatable bonds is 6. The minimum Gasteiger partial charge on any atom is -0.394 e. The number of aromatic nitrogens is 3. The monoisotopic (exact) mass is 360 g/mol. The number of nitrogens with zero attached hydrogens (tertiary/aromatic N) is 3. The number of carbonyl (C=O) groups excluding carboxylic acids is 1. The van der Waals surface area contributed by atoms with Crippen molar-refractivity contribution in [2.45, 2.75) is 19.4 Å². The molecule has 2 heterocycles. The summed E-state index contributed by atoms with van der Waals surface area (Å²) in [7, 11) is 0. The summed E-state index contributed by atoms with van der Waals surface area (Å²) in [5.41, 5.74) is 0.476. The fourth-order valence-corrected chi connectivity index (χ4v) is 2.99. The van der Waals surface area contributed by atoms with Crippen molar-refractivity contribution >= 4 is 17.2 Å². The first kappa shape index (κ1) is 17.2. The highest BCUT2D eigenvalue weighted by Crippen LogP contribution is 2.25. The van der Waals surface area contributed by atoms with Crippen LogP contribution in [0.1, 0.15) is 24.0 Å². The number of hydrogen-bond donors (Lipinski definition) is 2. The Morgan fingerprint density at radius 1 is 1.40 bits per heavy atom. The Kier molecular flexibility index (Phi) is 5.20. The van der Waals surface area contributed by atoms with E-state index in [1.165, 1.54) is 28.2 Å². The van der Waals surface area contributed by atoms with Crippen LogP contribution in [0.5, 0.6) is 0 Å². The van der Waals surface area contributed by atoms with E-state index in [2.05, 4.69) is 15.4 Å². The summed E-state index contributed by atoms with van der Waals surface area (Å²) in [4.78, 5) is 17.5. The topological polar surface area (TPSA) is 80.0 Å². The zero-order valence-corrected chi connectivity index (χ0v) is 14.3. The van der Waals surface area contributed by atoms with Gasteiger partial charge < -0.3 is 10.4 Å². The first-order valence-electron chi connectivity index (χ1n) is 7.81. The summed E-state index contributed by atoms with van der Waals surface area (Å²) in [6.07, 6.45) is 0.588. The van der Waals surface area contributed by atoms with Crippen LogP contribution in [0, 0.1) is 5.82 Å². The van der Waals surface area contributed by atoms with Crippen LogP contribution < -0.4 is 5.32 Å². The molecule has 6 nitrogen and oxygen atoms in total. The van der Waals surface area contributed by atoms with E-state index >= 15 is 0 Å². The largest absolute Gasteiger partial charge is 0.394 e. The number of benzene rings is 1.